The van der Waals surface area contributed by atoms with Crippen LogP contribution in [0.5, 0.6) is 0 Å². The molecule has 1 saturated carbocycles. The summed E-state index contributed by atoms with van der Waals surface area (Å²) in [5, 5.41) is 12.4. The third-order valence-corrected chi connectivity index (χ3v) is 4.23. The minimum absolute atomic E-state index is 0.0605. The number of piperazine rings is 1. The molecule has 1 amide bonds. The average molecular weight is 240 g/mol. The Morgan fingerprint density at radius 1 is 1.53 bits per heavy atom. The lowest BCUT2D eigenvalue weighted by atomic mass is 9.72. The fourth-order valence-electron chi connectivity index (χ4n) is 3.23. The van der Waals surface area contributed by atoms with Crippen LogP contribution in [-0.2, 0) is 9.59 Å². The summed E-state index contributed by atoms with van der Waals surface area (Å²) in [6.45, 7) is 3.42. The molecule has 0 bridgehead atoms. The highest BCUT2D eigenvalue weighted by atomic mass is 16.4. The van der Waals surface area contributed by atoms with Gasteiger partial charge in [0.2, 0.25) is 5.91 Å². The summed E-state index contributed by atoms with van der Waals surface area (Å²) < 4.78 is 0. The molecule has 1 saturated heterocycles. The highest BCUT2D eigenvalue weighted by Crippen LogP contribution is 2.38. The summed E-state index contributed by atoms with van der Waals surface area (Å²) in [6, 6.07) is 0. The maximum absolute atomic E-state index is 11.7. The lowest BCUT2D eigenvalue weighted by molar-refractivity contribution is -0.160. The predicted molar refractivity (Wildman–Crippen MR) is 62.6 cm³/mol. The summed E-state index contributed by atoms with van der Waals surface area (Å²) >= 11 is 0. The first-order valence-electron chi connectivity index (χ1n) is 6.32. The van der Waals surface area contributed by atoms with Gasteiger partial charge < -0.3 is 10.4 Å². The number of nitrogens with zero attached hydrogens (tertiary/aromatic N) is 1. The van der Waals surface area contributed by atoms with Crippen LogP contribution in [0.1, 0.15) is 32.6 Å². The average Bonchev–Trinajstić information content (AvgIpc) is 2.29. The smallest absolute Gasteiger partial charge is 0.324 e. The molecule has 17 heavy (non-hydrogen) atoms. The van der Waals surface area contributed by atoms with E-state index < -0.39 is 11.5 Å². The Morgan fingerprint density at radius 2 is 2.29 bits per heavy atom. The van der Waals surface area contributed by atoms with Crippen LogP contribution >= 0.6 is 0 Å². The Balaban J connectivity index is 2.26. The van der Waals surface area contributed by atoms with Gasteiger partial charge in [0.05, 0.1) is 6.54 Å². The molecule has 2 N–H and O–H groups in total. The van der Waals surface area contributed by atoms with Gasteiger partial charge in [-0.1, -0.05) is 19.8 Å². The second kappa shape index (κ2) is 4.64. The zero-order valence-corrected chi connectivity index (χ0v) is 10.2. The molecule has 0 aromatic rings. The SMILES string of the molecule is CC1CCCCC1(C(=O)O)N1CCNC(=O)C1. The molecule has 1 aliphatic heterocycles. The van der Waals surface area contributed by atoms with Gasteiger partial charge in [-0.05, 0) is 18.8 Å². The molecule has 5 heteroatoms. The molecule has 0 aromatic heterocycles. The van der Waals surface area contributed by atoms with Crippen molar-refractivity contribution < 1.29 is 14.7 Å². The molecule has 2 fully saturated rings. The highest BCUT2D eigenvalue weighted by Gasteiger charge is 2.50. The molecule has 2 rings (SSSR count). The van der Waals surface area contributed by atoms with Crippen LogP contribution in [0.4, 0.5) is 0 Å². The molecule has 1 aliphatic carbocycles. The second-order valence-corrected chi connectivity index (χ2v) is 5.15. The van der Waals surface area contributed by atoms with Crippen LogP contribution in [0.15, 0.2) is 0 Å². The van der Waals surface area contributed by atoms with Gasteiger partial charge in [0.15, 0.2) is 0 Å². The van der Waals surface area contributed by atoms with Crippen LogP contribution in [0.25, 0.3) is 0 Å². The van der Waals surface area contributed by atoms with Crippen molar-refractivity contribution in [1.82, 2.24) is 10.2 Å². The number of nitrogens with one attached hydrogen (secondary N) is 1. The number of amides is 1. The molecule has 2 atom stereocenters. The van der Waals surface area contributed by atoms with Crippen molar-refractivity contribution in [1.29, 1.82) is 0 Å². The van der Waals surface area contributed by atoms with E-state index in [9.17, 15) is 14.7 Å². The zero-order chi connectivity index (χ0) is 12.5. The van der Waals surface area contributed by atoms with E-state index in [1.807, 2.05) is 11.8 Å². The summed E-state index contributed by atoms with van der Waals surface area (Å²) in [5.74, 6) is -0.714. The van der Waals surface area contributed by atoms with E-state index in [2.05, 4.69) is 5.32 Å². The first kappa shape index (κ1) is 12.4. The Kier molecular flexibility index (Phi) is 3.38. The molecule has 0 spiro atoms. The third-order valence-electron chi connectivity index (χ3n) is 4.23. The third kappa shape index (κ3) is 2.04. The van der Waals surface area contributed by atoms with Gasteiger partial charge in [0, 0.05) is 13.1 Å². The fraction of sp³-hybridized carbons (Fsp3) is 0.833. The van der Waals surface area contributed by atoms with Gasteiger partial charge in [0.1, 0.15) is 5.54 Å². The van der Waals surface area contributed by atoms with Crippen LogP contribution in [0.2, 0.25) is 0 Å². The molecule has 1 heterocycles. The second-order valence-electron chi connectivity index (χ2n) is 5.15. The highest BCUT2D eigenvalue weighted by molar-refractivity contribution is 5.83. The number of carbonyl (C=O) groups is 2. The maximum atomic E-state index is 11.7. The normalized spacial score (nSPS) is 35.4. The van der Waals surface area contributed by atoms with Crippen molar-refractivity contribution in [3.8, 4) is 0 Å². The van der Waals surface area contributed by atoms with Crippen molar-refractivity contribution in [2.45, 2.75) is 38.1 Å². The van der Waals surface area contributed by atoms with Crippen LogP contribution in [-0.4, -0.2) is 47.1 Å². The van der Waals surface area contributed by atoms with Crippen molar-refractivity contribution in [3.05, 3.63) is 0 Å². The Morgan fingerprint density at radius 3 is 2.88 bits per heavy atom. The zero-order valence-electron chi connectivity index (χ0n) is 10.2. The van der Waals surface area contributed by atoms with E-state index in [0.717, 1.165) is 19.3 Å². The number of carbonyl (C=O) groups excluding carboxylic acids is 1. The number of carboxylic acids is 1. The first-order chi connectivity index (χ1) is 8.07. The number of aliphatic carboxylic acids is 1. The van der Waals surface area contributed by atoms with Gasteiger partial charge in [-0.25, -0.2) is 0 Å². The number of hydrogen-bond donors (Lipinski definition) is 2. The first-order valence-corrected chi connectivity index (χ1v) is 6.32. The molecule has 0 radical (unpaired) electrons. The molecular formula is C12H20N2O3. The van der Waals surface area contributed by atoms with Gasteiger partial charge in [0.25, 0.3) is 0 Å². The van der Waals surface area contributed by atoms with Crippen molar-refractivity contribution in [3.63, 3.8) is 0 Å². The number of carboxylic acid groups (broad SMARTS) is 1. The summed E-state index contributed by atoms with van der Waals surface area (Å²) in [7, 11) is 0. The van der Waals surface area contributed by atoms with Gasteiger partial charge >= 0.3 is 5.97 Å². The minimum Gasteiger partial charge on any atom is -0.480 e. The fourth-order valence-corrected chi connectivity index (χ4v) is 3.23. The Labute approximate surface area is 101 Å². The minimum atomic E-state index is -0.823. The van der Waals surface area contributed by atoms with Gasteiger partial charge in [-0.2, -0.15) is 0 Å². The van der Waals surface area contributed by atoms with Crippen molar-refractivity contribution in [2.24, 2.45) is 5.92 Å². The topological polar surface area (TPSA) is 69.6 Å². The van der Waals surface area contributed by atoms with Crippen molar-refractivity contribution >= 4 is 11.9 Å². The van der Waals surface area contributed by atoms with Crippen LogP contribution < -0.4 is 5.32 Å². The largest absolute Gasteiger partial charge is 0.480 e. The number of rotatable bonds is 2. The lowest BCUT2D eigenvalue weighted by Gasteiger charge is -2.48. The quantitative estimate of drug-likeness (QED) is 0.735. The molecule has 2 aliphatic rings. The Bertz CT molecular complexity index is 332. The van der Waals surface area contributed by atoms with Crippen LogP contribution in [0.3, 0.4) is 0 Å². The molecule has 5 nitrogen and oxygen atoms in total. The van der Waals surface area contributed by atoms with Gasteiger partial charge in [-0.3, -0.25) is 14.5 Å². The van der Waals surface area contributed by atoms with E-state index in [1.165, 1.54) is 0 Å². The molecular weight excluding hydrogens is 220 g/mol. The van der Waals surface area contributed by atoms with Crippen molar-refractivity contribution in [2.75, 3.05) is 19.6 Å². The Hall–Kier alpha value is -1.10. The van der Waals surface area contributed by atoms with E-state index in [1.54, 1.807) is 0 Å². The van der Waals surface area contributed by atoms with E-state index >= 15 is 0 Å². The predicted octanol–water partition coefficient (Wildman–Crippen LogP) is 0.452. The molecule has 0 aromatic carbocycles. The monoisotopic (exact) mass is 240 g/mol. The lowest BCUT2D eigenvalue weighted by Crippen LogP contribution is -2.65. The summed E-state index contributed by atoms with van der Waals surface area (Å²) in [6.07, 6.45) is 3.63. The summed E-state index contributed by atoms with van der Waals surface area (Å²) in [4.78, 5) is 25.0. The number of hydrogen-bond acceptors (Lipinski definition) is 3. The van der Waals surface area contributed by atoms with Crippen LogP contribution in [0, 0.1) is 5.92 Å². The van der Waals surface area contributed by atoms with E-state index in [4.69, 9.17) is 0 Å². The van der Waals surface area contributed by atoms with E-state index in [-0.39, 0.29) is 18.4 Å². The summed E-state index contributed by atoms with van der Waals surface area (Å²) in [5.41, 5.74) is -0.823. The van der Waals surface area contributed by atoms with E-state index in [0.29, 0.717) is 19.5 Å². The van der Waals surface area contributed by atoms with Gasteiger partial charge in [-0.15, -0.1) is 0 Å². The molecule has 96 valence electrons. The molecule has 2 unspecified atom stereocenters. The standard InChI is InChI=1S/C12H20N2O3/c1-9-4-2-3-5-12(9,11(16)17)14-7-6-13-10(15)8-14/h9H,2-8H2,1H3,(H,13,15)(H,16,17). The maximum Gasteiger partial charge on any atom is 0.324 e.